The Bertz CT molecular complexity index is 456. The van der Waals surface area contributed by atoms with Crippen LogP contribution in [0.15, 0.2) is 24.3 Å². The fourth-order valence-corrected chi connectivity index (χ4v) is 2.75. The lowest BCUT2D eigenvalue weighted by Gasteiger charge is -2.38. The largest absolute Gasteiger partial charge is 0.339 e. The highest BCUT2D eigenvalue weighted by atomic mass is 19.1. The molecule has 2 nitrogen and oxygen atoms in total. The number of hydrogen-bond acceptors (Lipinski definition) is 1. The molecule has 0 radical (unpaired) electrons. The van der Waals surface area contributed by atoms with Gasteiger partial charge in [0, 0.05) is 13.1 Å². The highest BCUT2D eigenvalue weighted by Crippen LogP contribution is 2.34. The molecule has 0 N–H and O–H groups in total. The summed E-state index contributed by atoms with van der Waals surface area (Å²) in [4.78, 5) is 14.0. The van der Waals surface area contributed by atoms with Gasteiger partial charge < -0.3 is 4.90 Å². The summed E-state index contributed by atoms with van der Waals surface area (Å²) in [5, 5.41) is 0. The lowest BCUT2D eigenvalue weighted by Crippen LogP contribution is -2.41. The number of halogens is 1. The van der Waals surface area contributed by atoms with Gasteiger partial charge in [-0.1, -0.05) is 32.9 Å². The van der Waals surface area contributed by atoms with E-state index in [1.165, 1.54) is 6.07 Å². The van der Waals surface area contributed by atoms with Crippen LogP contribution in [0.3, 0.4) is 0 Å². The summed E-state index contributed by atoms with van der Waals surface area (Å²) in [5.41, 5.74) is 0.476. The first-order valence-electron chi connectivity index (χ1n) is 6.93. The molecule has 3 heteroatoms. The third-order valence-electron chi connectivity index (χ3n) is 4.11. The lowest BCUT2D eigenvalue weighted by atomic mass is 9.75. The molecule has 104 valence electrons. The van der Waals surface area contributed by atoms with Crippen molar-refractivity contribution in [2.75, 3.05) is 13.1 Å². The van der Waals surface area contributed by atoms with Crippen molar-refractivity contribution in [2.45, 2.75) is 33.6 Å². The monoisotopic (exact) mass is 263 g/mol. The minimum atomic E-state index is -0.426. The maximum Gasteiger partial charge on any atom is 0.256 e. The number of carbonyl (C=O) groups excluding carboxylic acids is 1. The van der Waals surface area contributed by atoms with Crippen molar-refractivity contribution in [1.29, 1.82) is 0 Å². The summed E-state index contributed by atoms with van der Waals surface area (Å²) in [7, 11) is 0. The highest BCUT2D eigenvalue weighted by molar-refractivity contribution is 5.94. The van der Waals surface area contributed by atoms with Crippen LogP contribution in [0, 0.1) is 17.2 Å². The topological polar surface area (TPSA) is 20.3 Å². The van der Waals surface area contributed by atoms with Gasteiger partial charge in [0.1, 0.15) is 5.82 Å². The number of nitrogens with zero attached hydrogens (tertiary/aromatic N) is 1. The Hall–Kier alpha value is -1.38. The normalized spacial score (nSPS) is 17.6. The van der Waals surface area contributed by atoms with Crippen molar-refractivity contribution in [3.05, 3.63) is 35.6 Å². The zero-order chi connectivity index (χ0) is 14.0. The Morgan fingerprint density at radius 3 is 2.32 bits per heavy atom. The van der Waals surface area contributed by atoms with E-state index in [-0.39, 0.29) is 16.9 Å². The number of piperidine rings is 1. The third kappa shape index (κ3) is 3.14. The standard InChI is InChI=1S/C16H22FNO/c1-16(2,3)12-8-10-18(11-9-12)15(19)13-6-4-5-7-14(13)17/h4-7,12H,8-11H2,1-3H3. The first kappa shape index (κ1) is 14.0. The van der Waals surface area contributed by atoms with Gasteiger partial charge in [0.05, 0.1) is 5.56 Å². The summed E-state index contributed by atoms with van der Waals surface area (Å²) < 4.78 is 13.6. The molecule has 0 unspecified atom stereocenters. The van der Waals surface area contributed by atoms with Crippen molar-refractivity contribution in [3.63, 3.8) is 0 Å². The Morgan fingerprint density at radius 2 is 1.79 bits per heavy atom. The predicted octanol–water partition coefficient (Wildman–Crippen LogP) is 3.72. The van der Waals surface area contributed by atoms with Crippen LogP contribution in [0.4, 0.5) is 4.39 Å². The van der Waals surface area contributed by atoms with E-state index < -0.39 is 5.82 Å². The van der Waals surface area contributed by atoms with Crippen LogP contribution >= 0.6 is 0 Å². The van der Waals surface area contributed by atoms with Crippen LogP contribution in [-0.2, 0) is 0 Å². The van der Waals surface area contributed by atoms with Crippen molar-refractivity contribution in [2.24, 2.45) is 11.3 Å². The Morgan fingerprint density at radius 1 is 1.21 bits per heavy atom. The van der Waals surface area contributed by atoms with Gasteiger partial charge in [0.15, 0.2) is 0 Å². The number of rotatable bonds is 1. The Labute approximate surface area is 114 Å². The summed E-state index contributed by atoms with van der Waals surface area (Å²) in [6, 6.07) is 6.22. The van der Waals surface area contributed by atoms with Crippen LogP contribution in [0.5, 0.6) is 0 Å². The first-order valence-corrected chi connectivity index (χ1v) is 6.93. The van der Waals surface area contributed by atoms with Gasteiger partial charge >= 0.3 is 0 Å². The van der Waals surface area contributed by atoms with Crippen LogP contribution in [0.2, 0.25) is 0 Å². The van der Waals surface area contributed by atoms with Crippen LogP contribution in [0.25, 0.3) is 0 Å². The first-order chi connectivity index (χ1) is 8.89. The smallest absolute Gasteiger partial charge is 0.256 e. The second kappa shape index (κ2) is 5.32. The maximum absolute atomic E-state index is 13.6. The van der Waals surface area contributed by atoms with Crippen LogP contribution in [-0.4, -0.2) is 23.9 Å². The molecule has 1 aromatic carbocycles. The van der Waals surface area contributed by atoms with E-state index >= 15 is 0 Å². The molecule has 2 rings (SSSR count). The molecule has 1 amide bonds. The van der Waals surface area contributed by atoms with Gasteiger partial charge in [-0.3, -0.25) is 4.79 Å². The molecule has 1 saturated heterocycles. The second-order valence-electron chi connectivity index (χ2n) is 6.41. The number of carbonyl (C=O) groups is 1. The van der Waals surface area contributed by atoms with Crippen molar-refractivity contribution < 1.29 is 9.18 Å². The number of benzene rings is 1. The zero-order valence-corrected chi connectivity index (χ0v) is 11.9. The number of hydrogen-bond donors (Lipinski definition) is 0. The minimum absolute atomic E-state index is 0.176. The van der Waals surface area contributed by atoms with Gasteiger partial charge in [-0.25, -0.2) is 4.39 Å². The molecule has 1 aliphatic rings. The summed E-state index contributed by atoms with van der Waals surface area (Å²) in [5.74, 6) is 0.0353. The fraction of sp³-hybridized carbons (Fsp3) is 0.562. The van der Waals surface area contributed by atoms with E-state index in [2.05, 4.69) is 20.8 Å². The molecule has 1 fully saturated rings. The summed E-state index contributed by atoms with van der Waals surface area (Å²) in [6.07, 6.45) is 2.01. The Balaban J connectivity index is 2.03. The van der Waals surface area contributed by atoms with E-state index in [0.29, 0.717) is 5.92 Å². The van der Waals surface area contributed by atoms with Gasteiger partial charge in [-0.05, 0) is 36.3 Å². The third-order valence-corrected chi connectivity index (χ3v) is 4.11. The van der Waals surface area contributed by atoms with Gasteiger partial charge in [-0.15, -0.1) is 0 Å². The lowest BCUT2D eigenvalue weighted by molar-refractivity contribution is 0.0604. The van der Waals surface area contributed by atoms with E-state index in [4.69, 9.17) is 0 Å². The fourth-order valence-electron chi connectivity index (χ4n) is 2.75. The molecule has 0 bridgehead atoms. The molecule has 1 aliphatic heterocycles. The van der Waals surface area contributed by atoms with Crippen molar-refractivity contribution >= 4 is 5.91 Å². The quantitative estimate of drug-likeness (QED) is 0.756. The van der Waals surface area contributed by atoms with E-state index in [1.54, 1.807) is 23.1 Å². The maximum atomic E-state index is 13.6. The molecule has 1 heterocycles. The average Bonchev–Trinajstić information content (AvgIpc) is 2.38. The molecule has 19 heavy (non-hydrogen) atoms. The zero-order valence-electron chi connectivity index (χ0n) is 11.9. The SMILES string of the molecule is CC(C)(C)C1CCN(C(=O)c2ccccc2F)CC1. The van der Waals surface area contributed by atoms with Crippen LogP contribution in [0.1, 0.15) is 44.0 Å². The van der Waals surface area contributed by atoms with E-state index in [1.807, 2.05) is 0 Å². The molecule has 0 aliphatic carbocycles. The molecule has 0 aromatic heterocycles. The van der Waals surface area contributed by atoms with E-state index in [0.717, 1.165) is 25.9 Å². The summed E-state index contributed by atoms with van der Waals surface area (Å²) >= 11 is 0. The molecule has 0 saturated carbocycles. The van der Waals surface area contributed by atoms with E-state index in [9.17, 15) is 9.18 Å². The van der Waals surface area contributed by atoms with Crippen molar-refractivity contribution in [3.8, 4) is 0 Å². The summed E-state index contributed by atoms with van der Waals surface area (Å²) in [6.45, 7) is 8.19. The molecular formula is C16H22FNO. The van der Waals surface area contributed by atoms with Gasteiger partial charge in [0.2, 0.25) is 0 Å². The Kier molecular flexibility index (Phi) is 3.93. The van der Waals surface area contributed by atoms with Gasteiger partial charge in [0.25, 0.3) is 5.91 Å². The average molecular weight is 263 g/mol. The second-order valence-corrected chi connectivity index (χ2v) is 6.41. The minimum Gasteiger partial charge on any atom is -0.339 e. The molecule has 0 spiro atoms. The molecule has 1 aromatic rings. The number of amides is 1. The molecule has 0 atom stereocenters. The van der Waals surface area contributed by atoms with Gasteiger partial charge in [-0.2, -0.15) is 0 Å². The molecular weight excluding hydrogens is 241 g/mol. The van der Waals surface area contributed by atoms with Crippen molar-refractivity contribution in [1.82, 2.24) is 4.90 Å². The van der Waals surface area contributed by atoms with Crippen LogP contribution < -0.4 is 0 Å². The predicted molar refractivity (Wildman–Crippen MR) is 74.5 cm³/mol. The number of likely N-dealkylation sites (tertiary alicyclic amines) is 1. The highest BCUT2D eigenvalue weighted by Gasteiger charge is 2.31.